The smallest absolute Gasteiger partial charge is 0.0827 e. The summed E-state index contributed by atoms with van der Waals surface area (Å²) in [7, 11) is 1.75. The molecule has 0 aliphatic rings. The number of methoxy groups -OCH3 is 1. The Morgan fingerprint density at radius 2 is 1.94 bits per heavy atom. The zero-order valence-electron chi connectivity index (χ0n) is 12.1. The van der Waals surface area contributed by atoms with E-state index in [4.69, 9.17) is 10.5 Å². The Morgan fingerprint density at radius 3 is 2.33 bits per heavy atom. The molecule has 0 saturated heterocycles. The topological polar surface area (TPSA) is 48.1 Å². The predicted octanol–water partition coefficient (Wildman–Crippen LogP) is 2.72. The molecule has 1 rings (SSSR count). The number of rotatable bonds is 7. The summed E-state index contributed by atoms with van der Waals surface area (Å²) in [6, 6.07) is 4.18. The van der Waals surface area contributed by atoms with Gasteiger partial charge in [-0.3, -0.25) is 4.98 Å². The molecular weight excluding hydrogens is 224 g/mol. The molecule has 0 aliphatic carbocycles. The van der Waals surface area contributed by atoms with E-state index in [-0.39, 0.29) is 11.6 Å². The Kier molecular flexibility index (Phi) is 5.76. The summed E-state index contributed by atoms with van der Waals surface area (Å²) in [5.41, 5.74) is 8.40. The molecule has 2 N–H and O–H groups in total. The first kappa shape index (κ1) is 15.1. The highest BCUT2D eigenvalue weighted by molar-refractivity contribution is 5.15. The Labute approximate surface area is 111 Å². The Hall–Kier alpha value is -0.930. The van der Waals surface area contributed by atoms with E-state index in [9.17, 15) is 0 Å². The summed E-state index contributed by atoms with van der Waals surface area (Å²) in [6.45, 7) is 6.38. The van der Waals surface area contributed by atoms with E-state index in [1.165, 1.54) is 5.56 Å². The molecule has 18 heavy (non-hydrogen) atoms. The van der Waals surface area contributed by atoms with Gasteiger partial charge < -0.3 is 10.5 Å². The van der Waals surface area contributed by atoms with Gasteiger partial charge in [-0.15, -0.1) is 0 Å². The van der Waals surface area contributed by atoms with Gasteiger partial charge in [0, 0.05) is 31.5 Å². The van der Waals surface area contributed by atoms with Gasteiger partial charge in [0.2, 0.25) is 0 Å². The molecule has 1 aromatic heterocycles. The van der Waals surface area contributed by atoms with Crippen LogP contribution in [-0.4, -0.2) is 23.7 Å². The van der Waals surface area contributed by atoms with Gasteiger partial charge in [-0.05, 0) is 30.9 Å². The first-order valence-electron chi connectivity index (χ1n) is 6.86. The molecule has 3 nitrogen and oxygen atoms in total. The largest absolute Gasteiger partial charge is 0.377 e. The minimum Gasteiger partial charge on any atom is -0.377 e. The number of aromatic nitrogens is 1. The van der Waals surface area contributed by atoms with Crippen molar-refractivity contribution in [3.05, 3.63) is 29.6 Å². The Morgan fingerprint density at radius 1 is 1.28 bits per heavy atom. The van der Waals surface area contributed by atoms with Crippen molar-refractivity contribution in [3.8, 4) is 0 Å². The van der Waals surface area contributed by atoms with Crippen molar-refractivity contribution in [1.29, 1.82) is 0 Å². The zero-order valence-corrected chi connectivity index (χ0v) is 12.1. The molecule has 0 amide bonds. The van der Waals surface area contributed by atoms with Crippen LogP contribution in [0.1, 0.15) is 44.9 Å². The van der Waals surface area contributed by atoms with Gasteiger partial charge in [0.1, 0.15) is 0 Å². The van der Waals surface area contributed by atoms with E-state index >= 15 is 0 Å². The predicted molar refractivity (Wildman–Crippen MR) is 75.6 cm³/mol. The van der Waals surface area contributed by atoms with Crippen molar-refractivity contribution in [3.63, 3.8) is 0 Å². The van der Waals surface area contributed by atoms with E-state index in [0.29, 0.717) is 0 Å². The van der Waals surface area contributed by atoms with E-state index in [1.807, 2.05) is 6.20 Å². The minimum absolute atomic E-state index is 0.0162. The molecule has 1 atom stereocenters. The summed E-state index contributed by atoms with van der Waals surface area (Å²) in [4.78, 5) is 4.47. The molecule has 102 valence electrons. The van der Waals surface area contributed by atoms with Crippen LogP contribution in [0.15, 0.2) is 18.3 Å². The third-order valence-electron chi connectivity index (χ3n) is 4.00. The average Bonchev–Trinajstić information content (AvgIpc) is 2.42. The number of hydrogen-bond donors (Lipinski definition) is 1. The van der Waals surface area contributed by atoms with Gasteiger partial charge in [0.25, 0.3) is 0 Å². The Bertz CT molecular complexity index is 336. The lowest BCUT2D eigenvalue weighted by Gasteiger charge is -2.36. The van der Waals surface area contributed by atoms with Crippen LogP contribution < -0.4 is 5.73 Å². The van der Waals surface area contributed by atoms with Crippen LogP contribution in [-0.2, 0) is 17.6 Å². The van der Waals surface area contributed by atoms with E-state index < -0.39 is 0 Å². The number of aryl methyl sites for hydroxylation is 1. The Balaban J connectivity index is 2.75. The van der Waals surface area contributed by atoms with Crippen LogP contribution in [0, 0.1) is 0 Å². The molecular formula is C15H26N2O. The SMILES string of the molecule is CCc1ccc(CC(N)C(CC)(CC)OC)nc1. The van der Waals surface area contributed by atoms with Gasteiger partial charge in [0.05, 0.1) is 5.60 Å². The fraction of sp³-hybridized carbons (Fsp3) is 0.667. The normalized spacial score (nSPS) is 13.6. The van der Waals surface area contributed by atoms with Crippen LogP contribution >= 0.6 is 0 Å². The van der Waals surface area contributed by atoms with Crippen molar-refractivity contribution in [2.24, 2.45) is 5.73 Å². The summed E-state index contributed by atoms with van der Waals surface area (Å²) < 4.78 is 5.66. The molecule has 0 saturated carbocycles. The molecule has 1 heterocycles. The standard InChI is InChI=1S/C15H26N2O/c1-5-12-8-9-13(17-11-12)10-14(16)15(6-2,7-3)18-4/h8-9,11,14H,5-7,10,16H2,1-4H3. The second-order valence-corrected chi connectivity index (χ2v) is 4.80. The zero-order chi connectivity index (χ0) is 13.6. The van der Waals surface area contributed by atoms with E-state index in [1.54, 1.807) is 7.11 Å². The molecule has 0 radical (unpaired) electrons. The molecule has 1 unspecified atom stereocenters. The van der Waals surface area contributed by atoms with Crippen LogP contribution in [0.3, 0.4) is 0 Å². The molecule has 3 heteroatoms. The molecule has 0 aromatic carbocycles. The van der Waals surface area contributed by atoms with Gasteiger partial charge in [0.15, 0.2) is 0 Å². The first-order chi connectivity index (χ1) is 8.61. The van der Waals surface area contributed by atoms with Crippen molar-refractivity contribution in [2.75, 3.05) is 7.11 Å². The molecule has 1 aromatic rings. The number of pyridine rings is 1. The molecule has 0 bridgehead atoms. The monoisotopic (exact) mass is 250 g/mol. The van der Waals surface area contributed by atoms with E-state index in [0.717, 1.165) is 31.4 Å². The van der Waals surface area contributed by atoms with Crippen molar-refractivity contribution >= 4 is 0 Å². The number of ether oxygens (including phenoxy) is 1. The second kappa shape index (κ2) is 6.86. The van der Waals surface area contributed by atoms with Crippen LogP contribution in [0.2, 0.25) is 0 Å². The fourth-order valence-corrected chi connectivity index (χ4v) is 2.41. The minimum atomic E-state index is -0.231. The maximum Gasteiger partial charge on any atom is 0.0827 e. The lowest BCUT2D eigenvalue weighted by molar-refractivity contribution is -0.0376. The van der Waals surface area contributed by atoms with Crippen LogP contribution in [0.5, 0.6) is 0 Å². The maximum atomic E-state index is 6.32. The quantitative estimate of drug-likeness (QED) is 0.809. The first-order valence-corrected chi connectivity index (χ1v) is 6.86. The van der Waals surface area contributed by atoms with E-state index in [2.05, 4.69) is 37.9 Å². The van der Waals surface area contributed by atoms with Crippen molar-refractivity contribution < 1.29 is 4.74 Å². The van der Waals surface area contributed by atoms with Gasteiger partial charge in [-0.25, -0.2) is 0 Å². The highest BCUT2D eigenvalue weighted by Crippen LogP contribution is 2.24. The molecule has 0 spiro atoms. The summed E-state index contributed by atoms with van der Waals surface area (Å²) >= 11 is 0. The highest BCUT2D eigenvalue weighted by Gasteiger charge is 2.33. The summed E-state index contributed by atoms with van der Waals surface area (Å²) in [6.07, 6.45) is 5.57. The third-order valence-corrected chi connectivity index (χ3v) is 4.00. The van der Waals surface area contributed by atoms with Gasteiger partial charge in [-0.2, -0.15) is 0 Å². The summed E-state index contributed by atoms with van der Waals surface area (Å²) in [5, 5.41) is 0. The lowest BCUT2D eigenvalue weighted by Crippen LogP contribution is -2.50. The second-order valence-electron chi connectivity index (χ2n) is 4.80. The third kappa shape index (κ3) is 3.30. The number of nitrogens with zero attached hydrogens (tertiary/aromatic N) is 1. The van der Waals surface area contributed by atoms with Gasteiger partial charge in [-0.1, -0.05) is 26.8 Å². The summed E-state index contributed by atoms with van der Waals surface area (Å²) in [5.74, 6) is 0. The number of nitrogens with two attached hydrogens (primary N) is 1. The van der Waals surface area contributed by atoms with Crippen molar-refractivity contribution in [1.82, 2.24) is 4.98 Å². The van der Waals surface area contributed by atoms with Crippen LogP contribution in [0.25, 0.3) is 0 Å². The average molecular weight is 250 g/mol. The fourth-order valence-electron chi connectivity index (χ4n) is 2.41. The maximum absolute atomic E-state index is 6.32. The van der Waals surface area contributed by atoms with Crippen LogP contribution in [0.4, 0.5) is 0 Å². The van der Waals surface area contributed by atoms with Crippen molar-refractivity contribution in [2.45, 2.75) is 58.1 Å². The molecule has 0 fully saturated rings. The number of hydrogen-bond acceptors (Lipinski definition) is 3. The van der Waals surface area contributed by atoms with Gasteiger partial charge >= 0.3 is 0 Å². The molecule has 0 aliphatic heterocycles. The highest BCUT2D eigenvalue weighted by atomic mass is 16.5. The lowest BCUT2D eigenvalue weighted by atomic mass is 9.86.